The van der Waals surface area contributed by atoms with Gasteiger partial charge in [-0.3, -0.25) is 0 Å². The predicted octanol–water partition coefficient (Wildman–Crippen LogP) is 3.22. The quantitative estimate of drug-likeness (QED) is 0.822. The van der Waals surface area contributed by atoms with E-state index in [0.29, 0.717) is 6.04 Å². The lowest BCUT2D eigenvalue weighted by Gasteiger charge is -2.08. The SMILES string of the molecule is CC.COc1cccc(CNC(C)C)c1. The molecule has 0 heterocycles. The fraction of sp³-hybridized carbons (Fsp3) is 0.538. The summed E-state index contributed by atoms with van der Waals surface area (Å²) in [5, 5.41) is 3.36. The van der Waals surface area contributed by atoms with Gasteiger partial charge in [-0.25, -0.2) is 0 Å². The molecule has 2 nitrogen and oxygen atoms in total. The first-order valence-corrected chi connectivity index (χ1v) is 5.58. The van der Waals surface area contributed by atoms with E-state index in [4.69, 9.17) is 4.74 Å². The lowest BCUT2D eigenvalue weighted by atomic mass is 10.2. The van der Waals surface area contributed by atoms with Gasteiger partial charge >= 0.3 is 0 Å². The van der Waals surface area contributed by atoms with Gasteiger partial charge in [0.05, 0.1) is 7.11 Å². The summed E-state index contributed by atoms with van der Waals surface area (Å²) in [6.07, 6.45) is 0. The Morgan fingerprint density at radius 2 is 1.93 bits per heavy atom. The topological polar surface area (TPSA) is 21.3 Å². The number of methoxy groups -OCH3 is 1. The molecule has 0 bridgehead atoms. The van der Waals surface area contributed by atoms with Crippen molar-refractivity contribution in [3.8, 4) is 5.75 Å². The third-order valence-corrected chi connectivity index (χ3v) is 1.85. The third-order valence-electron chi connectivity index (χ3n) is 1.85. The minimum atomic E-state index is 0.520. The summed E-state index contributed by atoms with van der Waals surface area (Å²) < 4.78 is 5.13. The largest absolute Gasteiger partial charge is 0.497 e. The van der Waals surface area contributed by atoms with Gasteiger partial charge in [-0.2, -0.15) is 0 Å². The lowest BCUT2D eigenvalue weighted by Crippen LogP contribution is -2.21. The van der Waals surface area contributed by atoms with Crippen LogP contribution in [-0.2, 0) is 6.54 Å². The van der Waals surface area contributed by atoms with Crippen molar-refractivity contribution in [2.45, 2.75) is 40.3 Å². The van der Waals surface area contributed by atoms with Crippen molar-refractivity contribution in [2.24, 2.45) is 0 Å². The van der Waals surface area contributed by atoms with E-state index in [9.17, 15) is 0 Å². The van der Waals surface area contributed by atoms with Crippen LogP contribution >= 0.6 is 0 Å². The zero-order valence-electron chi connectivity index (χ0n) is 10.5. The van der Waals surface area contributed by atoms with E-state index in [1.165, 1.54) is 5.56 Å². The van der Waals surface area contributed by atoms with Crippen molar-refractivity contribution in [3.63, 3.8) is 0 Å². The summed E-state index contributed by atoms with van der Waals surface area (Å²) in [7, 11) is 1.69. The van der Waals surface area contributed by atoms with Crippen molar-refractivity contribution in [1.29, 1.82) is 0 Å². The van der Waals surface area contributed by atoms with E-state index in [1.54, 1.807) is 7.11 Å². The van der Waals surface area contributed by atoms with E-state index in [-0.39, 0.29) is 0 Å². The zero-order chi connectivity index (χ0) is 11.7. The molecule has 1 aromatic carbocycles. The average Bonchev–Trinajstić information content (AvgIpc) is 2.29. The van der Waals surface area contributed by atoms with Gasteiger partial charge in [0.15, 0.2) is 0 Å². The van der Waals surface area contributed by atoms with Gasteiger partial charge in [-0.15, -0.1) is 0 Å². The van der Waals surface area contributed by atoms with Crippen molar-refractivity contribution in [3.05, 3.63) is 29.8 Å². The fourth-order valence-corrected chi connectivity index (χ4v) is 1.10. The molecule has 1 aromatic rings. The molecule has 0 fully saturated rings. The molecule has 1 N–H and O–H groups in total. The van der Waals surface area contributed by atoms with Crippen LogP contribution in [0.3, 0.4) is 0 Å². The molecule has 0 aliphatic heterocycles. The molecule has 1 rings (SSSR count). The molecule has 0 atom stereocenters. The Labute approximate surface area is 93.7 Å². The molecule has 86 valence electrons. The number of ether oxygens (including phenoxy) is 1. The summed E-state index contributed by atoms with van der Waals surface area (Å²) in [5.74, 6) is 0.919. The first kappa shape index (κ1) is 14.0. The highest BCUT2D eigenvalue weighted by molar-refractivity contribution is 5.28. The van der Waals surface area contributed by atoms with E-state index in [1.807, 2.05) is 26.0 Å². The molecule has 0 aliphatic carbocycles. The molecular weight excluding hydrogens is 186 g/mol. The van der Waals surface area contributed by atoms with E-state index in [2.05, 4.69) is 31.3 Å². The first-order valence-electron chi connectivity index (χ1n) is 5.58. The van der Waals surface area contributed by atoms with Crippen LogP contribution in [0.15, 0.2) is 24.3 Å². The summed E-state index contributed by atoms with van der Waals surface area (Å²) in [5.41, 5.74) is 1.26. The van der Waals surface area contributed by atoms with Gasteiger partial charge in [0.1, 0.15) is 5.75 Å². The van der Waals surface area contributed by atoms with Crippen LogP contribution in [-0.4, -0.2) is 13.2 Å². The minimum absolute atomic E-state index is 0.520. The molecule has 0 spiro atoms. The number of hydrogen-bond donors (Lipinski definition) is 1. The molecule has 15 heavy (non-hydrogen) atoms. The monoisotopic (exact) mass is 209 g/mol. The summed E-state index contributed by atoms with van der Waals surface area (Å²) in [4.78, 5) is 0. The first-order chi connectivity index (χ1) is 7.22. The van der Waals surface area contributed by atoms with E-state index >= 15 is 0 Å². The van der Waals surface area contributed by atoms with Crippen LogP contribution < -0.4 is 10.1 Å². The fourth-order valence-electron chi connectivity index (χ4n) is 1.10. The third kappa shape index (κ3) is 6.13. The summed E-state index contributed by atoms with van der Waals surface area (Å²) in [6.45, 7) is 9.18. The molecule has 2 heteroatoms. The Balaban J connectivity index is 0.000000921. The van der Waals surface area contributed by atoms with Gasteiger partial charge in [-0.05, 0) is 17.7 Å². The second-order valence-corrected chi connectivity index (χ2v) is 3.39. The van der Waals surface area contributed by atoms with Crippen molar-refractivity contribution in [1.82, 2.24) is 5.32 Å². The van der Waals surface area contributed by atoms with Gasteiger partial charge in [-0.1, -0.05) is 39.8 Å². The molecule has 0 unspecified atom stereocenters. The smallest absolute Gasteiger partial charge is 0.119 e. The van der Waals surface area contributed by atoms with E-state index in [0.717, 1.165) is 12.3 Å². The Morgan fingerprint density at radius 3 is 2.47 bits per heavy atom. The van der Waals surface area contributed by atoms with Crippen LogP contribution in [0.4, 0.5) is 0 Å². The number of benzene rings is 1. The predicted molar refractivity (Wildman–Crippen MR) is 66.3 cm³/mol. The molecule has 0 aromatic heterocycles. The van der Waals surface area contributed by atoms with Gasteiger partial charge < -0.3 is 10.1 Å². The maximum atomic E-state index is 5.13. The number of nitrogens with one attached hydrogen (secondary N) is 1. The Morgan fingerprint density at radius 1 is 1.27 bits per heavy atom. The highest BCUT2D eigenvalue weighted by Crippen LogP contribution is 2.12. The lowest BCUT2D eigenvalue weighted by molar-refractivity contribution is 0.414. The van der Waals surface area contributed by atoms with Crippen LogP contribution in [0, 0.1) is 0 Å². The Kier molecular flexibility index (Phi) is 7.74. The maximum Gasteiger partial charge on any atom is 0.119 e. The number of hydrogen-bond acceptors (Lipinski definition) is 2. The minimum Gasteiger partial charge on any atom is -0.497 e. The Bertz CT molecular complexity index is 258. The van der Waals surface area contributed by atoms with Crippen molar-refractivity contribution < 1.29 is 4.74 Å². The molecule has 0 saturated carbocycles. The van der Waals surface area contributed by atoms with Gasteiger partial charge in [0.25, 0.3) is 0 Å². The summed E-state index contributed by atoms with van der Waals surface area (Å²) in [6, 6.07) is 8.63. The van der Waals surface area contributed by atoms with Gasteiger partial charge in [0.2, 0.25) is 0 Å². The van der Waals surface area contributed by atoms with Crippen molar-refractivity contribution >= 4 is 0 Å². The number of rotatable bonds is 4. The second kappa shape index (κ2) is 8.30. The summed E-state index contributed by atoms with van der Waals surface area (Å²) >= 11 is 0. The molecule has 0 radical (unpaired) electrons. The normalized spacial score (nSPS) is 9.47. The highest BCUT2D eigenvalue weighted by atomic mass is 16.5. The second-order valence-electron chi connectivity index (χ2n) is 3.39. The molecule has 0 saturated heterocycles. The highest BCUT2D eigenvalue weighted by Gasteiger charge is 1.96. The van der Waals surface area contributed by atoms with Crippen molar-refractivity contribution in [2.75, 3.05) is 7.11 Å². The van der Waals surface area contributed by atoms with Crippen LogP contribution in [0.1, 0.15) is 33.3 Å². The Hall–Kier alpha value is -1.02. The molecular formula is C13H23NO. The van der Waals surface area contributed by atoms with Gasteiger partial charge in [0, 0.05) is 12.6 Å². The molecule has 0 amide bonds. The maximum absolute atomic E-state index is 5.13. The van der Waals surface area contributed by atoms with Crippen LogP contribution in [0.25, 0.3) is 0 Å². The average molecular weight is 209 g/mol. The molecule has 0 aliphatic rings. The van der Waals surface area contributed by atoms with Crippen LogP contribution in [0.5, 0.6) is 5.75 Å². The van der Waals surface area contributed by atoms with E-state index < -0.39 is 0 Å². The standard InChI is InChI=1S/C11H17NO.C2H6/c1-9(2)12-8-10-5-4-6-11(7-10)13-3;1-2/h4-7,9,12H,8H2,1-3H3;1-2H3. The van der Waals surface area contributed by atoms with Crippen LogP contribution in [0.2, 0.25) is 0 Å². The zero-order valence-corrected chi connectivity index (χ0v) is 10.5.